The minimum atomic E-state index is -1.55. The van der Waals surface area contributed by atoms with Gasteiger partial charge in [-0.15, -0.1) is 35.4 Å². The molecule has 0 nitrogen and oxygen atoms in total. The molecule has 0 bridgehead atoms. The second-order valence-corrected chi connectivity index (χ2v) is 32.9. The summed E-state index contributed by atoms with van der Waals surface area (Å²) in [5, 5.41) is 13.5. The van der Waals surface area contributed by atoms with Crippen molar-refractivity contribution in [2.75, 3.05) is 0 Å². The van der Waals surface area contributed by atoms with Crippen molar-refractivity contribution in [3.63, 3.8) is 0 Å². The molecule has 70 heavy (non-hydrogen) atoms. The quantitative estimate of drug-likeness (QED) is 0.0674. The summed E-state index contributed by atoms with van der Waals surface area (Å²) < 4.78 is 0. The Morgan fingerprint density at radius 2 is 0.886 bits per heavy atom. The van der Waals surface area contributed by atoms with Gasteiger partial charge in [-0.2, -0.15) is 0 Å². The van der Waals surface area contributed by atoms with E-state index >= 15 is 0 Å². The summed E-state index contributed by atoms with van der Waals surface area (Å²) in [6.07, 6.45) is 24.9. The molecule has 0 N–H and O–H groups in total. The number of rotatable bonds is 6. The first-order valence-corrected chi connectivity index (χ1v) is 32.8. The van der Waals surface area contributed by atoms with Crippen LogP contribution in [0, 0.1) is 38.5 Å². The van der Waals surface area contributed by atoms with Crippen LogP contribution in [-0.4, -0.2) is 21.8 Å². The molecule has 6 heteroatoms. The van der Waals surface area contributed by atoms with Crippen molar-refractivity contribution in [1.82, 2.24) is 0 Å². The Labute approximate surface area is 453 Å². The van der Waals surface area contributed by atoms with Gasteiger partial charge in [-0.05, 0) is 117 Å². The Morgan fingerprint density at radius 3 is 1.43 bits per heavy atom. The first kappa shape index (κ1) is 52.9. The standard InChI is InChI=1S/C32H30P2.2C16H13Si.2Au/c1-25-23-31(33(27-15-7-3-8-16-27)28-17-9-4-10-18-28)32(24-26(25)2)34(29-19-11-5-12-20-29)30-21-13-6-14-22-30;1-4-12-9-10-16-14(11-12)13-7-5-6-8-15(13)17(16,2)3;1-4-12-9-10-14-13-7-5-6-8-15(13)17(2,3)16(14)11-12;;/h3-21,23-24,30H,22H2,1-2H3;2*5-11H,2-3H3;;/q;2*-1;2*+1/p+2. The van der Waals surface area contributed by atoms with Gasteiger partial charge in [-0.1, -0.05) is 165 Å². The fourth-order valence-electron chi connectivity index (χ4n) is 10.5. The van der Waals surface area contributed by atoms with Gasteiger partial charge in [-0.3, -0.25) is 11.8 Å². The first-order valence-electron chi connectivity index (χ1n) is 23.7. The van der Waals surface area contributed by atoms with Crippen molar-refractivity contribution < 1.29 is 44.8 Å². The van der Waals surface area contributed by atoms with Crippen LogP contribution in [0.25, 0.3) is 22.3 Å². The van der Waals surface area contributed by atoms with Gasteiger partial charge in [0.15, 0.2) is 0 Å². The molecule has 2 aliphatic heterocycles. The number of aryl methyl sites for hydroxylation is 2. The Balaban J connectivity index is 0.000000168. The maximum atomic E-state index is 7.26. The van der Waals surface area contributed by atoms with Crippen molar-refractivity contribution in [1.29, 1.82) is 0 Å². The molecule has 0 radical (unpaired) electrons. The molecule has 0 amide bonds. The van der Waals surface area contributed by atoms with E-state index in [1.165, 1.54) is 70.0 Å². The van der Waals surface area contributed by atoms with Crippen molar-refractivity contribution in [2.24, 2.45) is 0 Å². The third kappa shape index (κ3) is 10.7. The molecule has 0 saturated carbocycles. The van der Waals surface area contributed by atoms with Gasteiger partial charge in [-0.25, -0.2) is 0 Å². The zero-order valence-corrected chi connectivity index (χ0v) is 48.9. The van der Waals surface area contributed by atoms with Gasteiger partial charge < -0.3 is 12.8 Å². The van der Waals surface area contributed by atoms with E-state index in [-0.39, 0.29) is 44.8 Å². The Morgan fingerprint density at radius 1 is 0.443 bits per heavy atom. The Hall–Kier alpha value is -4.87. The Bertz CT molecular complexity index is 3230. The SMILES string of the molecule is Cc1cc([PH+](c2ccccc2)c2ccccc2)c([PH+](c2ccccc2)C2C=CC=CC2)cc1C.[Au+].[Au+].[C-]#Cc1ccc2c(c1)-c1ccccc1[Si]2(C)C.[C-]#Cc1ccc2c(c1)[Si](C)(C)c1ccccc1-2. The fourth-order valence-corrected chi connectivity index (χ4v) is 23.3. The minimum absolute atomic E-state index is 0. The van der Waals surface area contributed by atoms with E-state index in [0.29, 0.717) is 5.66 Å². The van der Waals surface area contributed by atoms with E-state index in [1.54, 1.807) is 10.6 Å². The molecule has 8 aromatic carbocycles. The zero-order chi connectivity index (χ0) is 47.4. The zero-order valence-electron chi connectivity index (χ0n) is 40.6. The summed E-state index contributed by atoms with van der Waals surface area (Å²) in [5.74, 6) is 4.97. The molecule has 2 unspecified atom stereocenters. The van der Waals surface area contributed by atoms with Gasteiger partial charge in [0.05, 0.1) is 18.9 Å². The van der Waals surface area contributed by atoms with Crippen LogP contribution in [0.2, 0.25) is 26.2 Å². The van der Waals surface area contributed by atoms with Gasteiger partial charge in [0, 0.05) is 6.42 Å². The smallest absolute Gasteiger partial charge is 0.366 e. The molecule has 2 atom stereocenters. The average molecular weight is 1340 g/mol. The molecule has 0 fully saturated rings. The molecule has 0 saturated heterocycles. The molecular formula is C64H58Au2P2Si2+2. The summed E-state index contributed by atoms with van der Waals surface area (Å²) in [6, 6.07) is 68.7. The molecule has 11 rings (SSSR count). The molecule has 3 aliphatic rings. The second kappa shape index (κ2) is 23.1. The monoisotopic (exact) mass is 1340 g/mol. The van der Waals surface area contributed by atoms with E-state index in [2.05, 4.69) is 252 Å². The predicted octanol–water partition coefficient (Wildman–Crippen LogP) is 10.7. The summed E-state index contributed by atoms with van der Waals surface area (Å²) in [4.78, 5) is 0. The van der Waals surface area contributed by atoms with Crippen molar-refractivity contribution in [3.8, 4) is 34.1 Å². The van der Waals surface area contributed by atoms with Gasteiger partial charge >= 0.3 is 44.8 Å². The molecular weight excluding hydrogens is 1280 g/mol. The van der Waals surface area contributed by atoms with Crippen molar-refractivity contribution >= 4 is 79.3 Å². The van der Waals surface area contributed by atoms with E-state index in [0.717, 1.165) is 17.5 Å². The van der Waals surface area contributed by atoms with E-state index < -0.39 is 32.0 Å². The maximum absolute atomic E-state index is 7.26. The number of benzene rings is 8. The number of fused-ring (bicyclic) bond motifs is 6. The molecule has 1 aliphatic carbocycles. The van der Waals surface area contributed by atoms with Crippen LogP contribution in [0.5, 0.6) is 0 Å². The summed E-state index contributed by atoms with van der Waals surface area (Å²) in [6.45, 7) is 14.1. The molecule has 8 aromatic rings. The first-order chi connectivity index (χ1) is 33.0. The van der Waals surface area contributed by atoms with Crippen LogP contribution < -0.4 is 47.3 Å². The van der Waals surface area contributed by atoms with Crippen molar-refractivity contribution in [3.05, 3.63) is 247 Å². The largest absolute Gasteiger partial charge is 1.00 e. The molecule has 0 spiro atoms. The third-order valence-corrected chi connectivity index (χ3v) is 27.5. The van der Waals surface area contributed by atoms with Crippen LogP contribution in [0.1, 0.15) is 28.7 Å². The van der Waals surface area contributed by atoms with Crippen LogP contribution in [0.4, 0.5) is 0 Å². The minimum Gasteiger partial charge on any atom is -0.366 e. The van der Waals surface area contributed by atoms with Crippen LogP contribution in [0.15, 0.2) is 212 Å². The normalized spacial score (nSPS) is 15.0. The predicted molar refractivity (Wildman–Crippen MR) is 306 cm³/mol. The molecule has 2 heterocycles. The summed E-state index contributed by atoms with van der Waals surface area (Å²) in [5.41, 5.74) is 10.5. The number of hydrogen-bond acceptors (Lipinski definition) is 0. The fraction of sp³-hybridized carbons (Fsp3) is 0.125. The van der Waals surface area contributed by atoms with Gasteiger partial charge in [0.25, 0.3) is 0 Å². The maximum Gasteiger partial charge on any atom is 1.00 e. The second-order valence-electron chi connectivity index (χ2n) is 19.1. The van der Waals surface area contributed by atoms with Gasteiger partial charge in [0.2, 0.25) is 0 Å². The number of hydrogen-bond donors (Lipinski definition) is 0. The van der Waals surface area contributed by atoms with Gasteiger partial charge in [0.1, 0.15) is 45.3 Å². The van der Waals surface area contributed by atoms with Crippen molar-refractivity contribution in [2.45, 2.75) is 52.1 Å². The topological polar surface area (TPSA) is 0 Å². The molecule has 352 valence electrons. The van der Waals surface area contributed by atoms with Crippen LogP contribution >= 0.6 is 15.8 Å². The Kier molecular flexibility index (Phi) is 17.5. The molecule has 0 aromatic heterocycles. The van der Waals surface area contributed by atoms with E-state index in [1.807, 2.05) is 12.1 Å². The van der Waals surface area contributed by atoms with Crippen LogP contribution in [0.3, 0.4) is 0 Å². The van der Waals surface area contributed by atoms with Crippen LogP contribution in [-0.2, 0) is 44.8 Å². The average Bonchev–Trinajstić information content (AvgIpc) is 3.75. The third-order valence-electron chi connectivity index (χ3n) is 14.2. The summed E-state index contributed by atoms with van der Waals surface area (Å²) >= 11 is 0. The summed E-state index contributed by atoms with van der Waals surface area (Å²) in [7, 11) is -5.25. The van der Waals surface area contributed by atoms with E-state index in [4.69, 9.17) is 12.8 Å². The van der Waals surface area contributed by atoms with E-state index in [9.17, 15) is 0 Å². The number of allylic oxidation sites excluding steroid dienone is 4.